The monoisotopic (exact) mass is 354 g/mol. The number of benzene rings is 1. The second-order valence-electron chi connectivity index (χ2n) is 5.40. The van der Waals surface area contributed by atoms with Crippen LogP contribution in [0.25, 0.3) is 0 Å². The summed E-state index contributed by atoms with van der Waals surface area (Å²) in [4.78, 5) is 20.0. The molecule has 0 radical (unpaired) electrons. The number of ether oxygens (including phenoxy) is 1. The van der Waals surface area contributed by atoms with Crippen molar-refractivity contribution in [3.8, 4) is 5.75 Å². The molecule has 0 fully saturated rings. The Morgan fingerprint density at radius 1 is 1.24 bits per heavy atom. The number of para-hydroxylation sites is 1. The van der Waals surface area contributed by atoms with Gasteiger partial charge in [-0.25, -0.2) is 9.97 Å². The number of thiazole rings is 1. The van der Waals surface area contributed by atoms with Crippen LogP contribution in [-0.4, -0.2) is 15.9 Å². The van der Waals surface area contributed by atoms with Crippen molar-refractivity contribution in [3.05, 3.63) is 59.2 Å². The molecule has 128 valence electrons. The number of carbonyl (C=O) groups is 1. The number of nitrogens with one attached hydrogen (secondary N) is 2. The van der Waals surface area contributed by atoms with Crippen LogP contribution in [0.2, 0.25) is 0 Å². The Kier molecular flexibility index (Phi) is 5.25. The molecular formula is C18H18N4O2S. The summed E-state index contributed by atoms with van der Waals surface area (Å²) < 4.78 is 5.93. The number of rotatable bonds is 6. The zero-order valence-electron chi connectivity index (χ0n) is 13.9. The minimum atomic E-state index is -0.115. The van der Waals surface area contributed by atoms with E-state index >= 15 is 0 Å². The van der Waals surface area contributed by atoms with Gasteiger partial charge in [0.05, 0.1) is 5.69 Å². The van der Waals surface area contributed by atoms with Crippen LogP contribution in [0.3, 0.4) is 0 Å². The van der Waals surface area contributed by atoms with Crippen molar-refractivity contribution >= 4 is 33.9 Å². The molecule has 0 saturated heterocycles. The number of amides is 1. The van der Waals surface area contributed by atoms with Gasteiger partial charge in [0.25, 0.3) is 0 Å². The lowest BCUT2D eigenvalue weighted by atomic mass is 10.2. The molecule has 1 amide bonds. The first kappa shape index (κ1) is 16.9. The molecule has 3 aromatic rings. The lowest BCUT2D eigenvalue weighted by molar-refractivity contribution is -0.114. The predicted molar refractivity (Wildman–Crippen MR) is 99.4 cm³/mol. The lowest BCUT2D eigenvalue weighted by Crippen LogP contribution is -2.09. The third-order valence-corrected chi connectivity index (χ3v) is 4.20. The predicted octanol–water partition coefficient (Wildman–Crippen LogP) is 4.13. The summed E-state index contributed by atoms with van der Waals surface area (Å²) in [6.07, 6.45) is 1.70. The first-order valence-electron chi connectivity index (χ1n) is 7.74. The highest BCUT2D eigenvalue weighted by molar-refractivity contribution is 7.13. The summed E-state index contributed by atoms with van der Waals surface area (Å²) in [7, 11) is 0. The average Bonchev–Trinajstić information content (AvgIpc) is 3.00. The Morgan fingerprint density at radius 2 is 2.08 bits per heavy atom. The van der Waals surface area contributed by atoms with Crippen LogP contribution in [0.5, 0.6) is 5.75 Å². The number of pyridine rings is 1. The molecule has 0 spiro atoms. The number of carbonyl (C=O) groups excluding carboxylic acids is 1. The van der Waals surface area contributed by atoms with Crippen molar-refractivity contribution in [2.75, 3.05) is 10.6 Å². The molecule has 1 aromatic carbocycles. The molecule has 2 heterocycles. The lowest BCUT2D eigenvalue weighted by Gasteiger charge is -2.13. The summed E-state index contributed by atoms with van der Waals surface area (Å²) >= 11 is 1.51. The van der Waals surface area contributed by atoms with Gasteiger partial charge >= 0.3 is 0 Å². The fourth-order valence-electron chi connectivity index (χ4n) is 2.23. The molecule has 2 aromatic heterocycles. The molecule has 0 aliphatic carbocycles. The van der Waals surface area contributed by atoms with E-state index in [0.717, 1.165) is 22.1 Å². The van der Waals surface area contributed by atoms with Gasteiger partial charge in [0.1, 0.15) is 6.61 Å². The smallest absolute Gasteiger partial charge is 0.221 e. The van der Waals surface area contributed by atoms with E-state index in [4.69, 9.17) is 4.74 Å². The zero-order chi connectivity index (χ0) is 17.6. The number of hydrogen-bond donors (Lipinski definition) is 2. The highest BCUT2D eigenvalue weighted by Gasteiger charge is 2.09. The number of nitrogens with zero attached hydrogens (tertiary/aromatic N) is 2. The highest BCUT2D eigenvalue weighted by Crippen LogP contribution is 2.28. The summed E-state index contributed by atoms with van der Waals surface area (Å²) in [6, 6.07) is 11.2. The molecule has 0 saturated carbocycles. The fourth-order valence-corrected chi connectivity index (χ4v) is 2.91. The Bertz CT molecular complexity index is 879. The van der Waals surface area contributed by atoms with E-state index in [1.54, 1.807) is 6.20 Å². The molecule has 0 aliphatic heterocycles. The summed E-state index contributed by atoms with van der Waals surface area (Å²) in [6.45, 7) is 3.74. The molecule has 2 N–H and O–H groups in total. The number of hydrogen-bond acceptors (Lipinski definition) is 6. The maximum atomic E-state index is 11.3. The van der Waals surface area contributed by atoms with Crippen molar-refractivity contribution < 1.29 is 9.53 Å². The minimum Gasteiger partial charge on any atom is -0.485 e. The normalized spacial score (nSPS) is 10.3. The largest absolute Gasteiger partial charge is 0.485 e. The average molecular weight is 354 g/mol. The third-order valence-electron chi connectivity index (χ3n) is 3.33. The van der Waals surface area contributed by atoms with E-state index < -0.39 is 0 Å². The molecule has 25 heavy (non-hydrogen) atoms. The topological polar surface area (TPSA) is 76.1 Å². The summed E-state index contributed by atoms with van der Waals surface area (Å²) in [5, 5.41) is 8.72. The van der Waals surface area contributed by atoms with Crippen molar-refractivity contribution in [1.29, 1.82) is 0 Å². The van der Waals surface area contributed by atoms with Crippen molar-refractivity contribution in [3.63, 3.8) is 0 Å². The first-order valence-corrected chi connectivity index (χ1v) is 8.62. The number of aromatic nitrogens is 2. The molecule has 0 bridgehead atoms. The molecule has 0 unspecified atom stereocenters. The number of anilines is 3. The van der Waals surface area contributed by atoms with Gasteiger partial charge < -0.3 is 15.4 Å². The molecule has 6 nitrogen and oxygen atoms in total. The van der Waals surface area contributed by atoms with E-state index in [2.05, 4.69) is 20.6 Å². The van der Waals surface area contributed by atoms with Gasteiger partial charge in [-0.15, -0.1) is 11.3 Å². The van der Waals surface area contributed by atoms with E-state index in [-0.39, 0.29) is 5.91 Å². The molecule has 7 heteroatoms. The van der Waals surface area contributed by atoms with Crippen LogP contribution < -0.4 is 15.4 Å². The SMILES string of the molecule is CC(=O)Nc1ccccc1COc1cccnc1Nc1nc(C)cs1. The van der Waals surface area contributed by atoms with Crippen LogP contribution in [0.4, 0.5) is 16.6 Å². The molecular weight excluding hydrogens is 336 g/mol. The van der Waals surface area contributed by atoms with E-state index in [1.165, 1.54) is 18.3 Å². The summed E-state index contributed by atoms with van der Waals surface area (Å²) in [5.74, 6) is 1.11. The molecule has 3 rings (SSSR count). The van der Waals surface area contributed by atoms with Crippen molar-refractivity contribution in [1.82, 2.24) is 9.97 Å². The van der Waals surface area contributed by atoms with Crippen LogP contribution in [0.1, 0.15) is 18.2 Å². The second-order valence-corrected chi connectivity index (χ2v) is 6.25. The highest BCUT2D eigenvalue weighted by atomic mass is 32.1. The second kappa shape index (κ2) is 7.76. The van der Waals surface area contributed by atoms with E-state index in [0.29, 0.717) is 18.2 Å². The fraction of sp³-hybridized carbons (Fsp3) is 0.167. The Balaban J connectivity index is 1.75. The first-order chi connectivity index (χ1) is 12.1. The summed E-state index contributed by atoms with van der Waals surface area (Å²) in [5.41, 5.74) is 2.58. The van der Waals surface area contributed by atoms with Crippen LogP contribution in [-0.2, 0) is 11.4 Å². The van der Waals surface area contributed by atoms with Crippen molar-refractivity contribution in [2.45, 2.75) is 20.5 Å². The van der Waals surface area contributed by atoms with Crippen LogP contribution in [0.15, 0.2) is 48.0 Å². The maximum Gasteiger partial charge on any atom is 0.221 e. The van der Waals surface area contributed by atoms with Gasteiger partial charge in [0.2, 0.25) is 5.91 Å². The van der Waals surface area contributed by atoms with Gasteiger partial charge in [0.15, 0.2) is 16.7 Å². The van der Waals surface area contributed by atoms with Gasteiger partial charge in [0, 0.05) is 29.8 Å². The Hall–Kier alpha value is -2.93. The minimum absolute atomic E-state index is 0.115. The van der Waals surface area contributed by atoms with Crippen LogP contribution >= 0.6 is 11.3 Å². The molecule has 0 atom stereocenters. The standard InChI is InChI=1S/C18H18N4O2S/c1-12-11-25-18(20-12)22-17-16(8-5-9-19-17)24-10-14-6-3-4-7-15(14)21-13(2)23/h3-9,11H,10H2,1-2H3,(H,21,23)(H,19,20,22). The Labute approximate surface area is 149 Å². The van der Waals surface area contributed by atoms with Crippen LogP contribution in [0, 0.1) is 6.92 Å². The third kappa shape index (κ3) is 4.54. The van der Waals surface area contributed by atoms with E-state index in [9.17, 15) is 4.79 Å². The van der Waals surface area contributed by atoms with Gasteiger partial charge in [-0.2, -0.15) is 0 Å². The van der Waals surface area contributed by atoms with Gasteiger partial charge in [-0.05, 0) is 25.1 Å². The molecule has 0 aliphatic rings. The van der Waals surface area contributed by atoms with Crippen molar-refractivity contribution in [2.24, 2.45) is 0 Å². The quantitative estimate of drug-likeness (QED) is 0.696. The maximum absolute atomic E-state index is 11.3. The number of aryl methyl sites for hydroxylation is 1. The Morgan fingerprint density at radius 3 is 2.84 bits per heavy atom. The zero-order valence-corrected chi connectivity index (χ0v) is 14.8. The van der Waals surface area contributed by atoms with E-state index in [1.807, 2.05) is 48.7 Å². The van der Waals surface area contributed by atoms with Gasteiger partial charge in [-0.1, -0.05) is 18.2 Å². The van der Waals surface area contributed by atoms with Gasteiger partial charge in [-0.3, -0.25) is 4.79 Å².